The molecule has 0 N–H and O–H groups in total. The first-order valence-electron chi connectivity index (χ1n) is 26.8. The Morgan fingerprint density at radius 2 is 0.683 bits per heavy atom. The predicted octanol–water partition coefficient (Wildman–Crippen LogP) is 17.6. The zero-order valence-corrected chi connectivity index (χ0v) is 41.6. The lowest BCUT2D eigenvalue weighted by Gasteiger charge is -2.18. The number of carbonyl (C=O) groups is 3. The summed E-state index contributed by atoms with van der Waals surface area (Å²) in [5.74, 6) is -0.959. The molecule has 0 rings (SSSR count). The van der Waals surface area contributed by atoms with Crippen LogP contribution in [-0.2, 0) is 28.6 Å². The van der Waals surface area contributed by atoms with Crippen LogP contribution < -0.4 is 0 Å². The van der Waals surface area contributed by atoms with Gasteiger partial charge in [-0.2, -0.15) is 0 Å². The highest BCUT2D eigenvalue weighted by Gasteiger charge is 2.19. The first kappa shape index (κ1) is 60.1. The van der Waals surface area contributed by atoms with Crippen LogP contribution in [0, 0.1) is 0 Å². The predicted molar refractivity (Wildman–Crippen MR) is 270 cm³/mol. The molecule has 1 atom stereocenters. The minimum Gasteiger partial charge on any atom is -0.462 e. The Morgan fingerprint density at radius 3 is 1.11 bits per heavy atom. The fourth-order valence-electron chi connectivity index (χ4n) is 7.52. The van der Waals surface area contributed by atoms with Gasteiger partial charge in [0.2, 0.25) is 0 Å². The highest BCUT2D eigenvalue weighted by molar-refractivity contribution is 5.71. The summed E-state index contributed by atoms with van der Waals surface area (Å²) in [6.45, 7) is 6.47. The van der Waals surface area contributed by atoms with Gasteiger partial charge in [-0.1, -0.05) is 236 Å². The van der Waals surface area contributed by atoms with Crippen LogP contribution in [0.15, 0.2) is 60.8 Å². The Kier molecular flexibility index (Phi) is 49.4. The molecule has 0 amide bonds. The number of allylic oxidation sites excluding steroid dienone is 10. The first-order chi connectivity index (χ1) is 31.0. The summed E-state index contributed by atoms with van der Waals surface area (Å²) < 4.78 is 16.7. The third kappa shape index (κ3) is 50.0. The molecule has 0 aliphatic carbocycles. The van der Waals surface area contributed by atoms with E-state index in [1.54, 1.807) is 0 Å². The van der Waals surface area contributed by atoms with Gasteiger partial charge in [0.05, 0.1) is 0 Å². The maximum atomic E-state index is 12.8. The van der Waals surface area contributed by atoms with Crippen LogP contribution in [-0.4, -0.2) is 37.2 Å². The molecule has 0 aliphatic rings. The largest absolute Gasteiger partial charge is 0.462 e. The molecule has 0 spiro atoms. The quantitative estimate of drug-likeness (QED) is 0.0199. The van der Waals surface area contributed by atoms with Gasteiger partial charge in [0.1, 0.15) is 13.2 Å². The Morgan fingerprint density at radius 1 is 0.349 bits per heavy atom. The van der Waals surface area contributed by atoms with Crippen molar-refractivity contribution in [1.29, 1.82) is 0 Å². The van der Waals surface area contributed by atoms with Crippen molar-refractivity contribution >= 4 is 17.9 Å². The van der Waals surface area contributed by atoms with E-state index in [0.717, 1.165) is 83.5 Å². The molecule has 63 heavy (non-hydrogen) atoms. The van der Waals surface area contributed by atoms with E-state index < -0.39 is 6.10 Å². The van der Waals surface area contributed by atoms with Gasteiger partial charge in [0, 0.05) is 19.3 Å². The molecule has 0 radical (unpaired) electrons. The summed E-state index contributed by atoms with van der Waals surface area (Å²) in [6, 6.07) is 0. The lowest BCUT2D eigenvalue weighted by Crippen LogP contribution is -2.30. The highest BCUT2D eigenvalue weighted by Crippen LogP contribution is 2.15. The number of hydrogen-bond acceptors (Lipinski definition) is 6. The zero-order valence-electron chi connectivity index (χ0n) is 41.6. The number of unbranched alkanes of at least 4 members (excludes halogenated alkanes) is 28. The fourth-order valence-corrected chi connectivity index (χ4v) is 7.52. The summed E-state index contributed by atoms with van der Waals surface area (Å²) in [6.07, 6.45) is 63.6. The van der Waals surface area contributed by atoms with Crippen LogP contribution in [0.5, 0.6) is 0 Å². The van der Waals surface area contributed by atoms with E-state index >= 15 is 0 Å². The molecule has 0 aromatic rings. The van der Waals surface area contributed by atoms with Gasteiger partial charge in [-0.15, -0.1) is 0 Å². The molecule has 0 bridgehead atoms. The maximum absolute atomic E-state index is 12.8. The monoisotopic (exact) mass is 881 g/mol. The van der Waals surface area contributed by atoms with Crippen LogP contribution in [0.1, 0.15) is 265 Å². The number of ether oxygens (including phenoxy) is 3. The molecule has 6 nitrogen and oxygen atoms in total. The van der Waals surface area contributed by atoms with Crippen molar-refractivity contribution in [3.63, 3.8) is 0 Å². The molecular formula is C57H100O6. The van der Waals surface area contributed by atoms with Gasteiger partial charge in [-0.25, -0.2) is 0 Å². The van der Waals surface area contributed by atoms with Crippen molar-refractivity contribution in [2.45, 2.75) is 271 Å². The second-order valence-electron chi connectivity index (χ2n) is 17.8. The molecular weight excluding hydrogens is 781 g/mol. The lowest BCUT2D eigenvalue weighted by atomic mass is 10.0. The van der Waals surface area contributed by atoms with Gasteiger partial charge in [0.25, 0.3) is 0 Å². The second-order valence-corrected chi connectivity index (χ2v) is 17.8. The molecule has 0 saturated carbocycles. The van der Waals surface area contributed by atoms with Crippen molar-refractivity contribution in [3.05, 3.63) is 60.8 Å². The standard InChI is InChI=1S/C57H100O6/c1-4-7-10-13-16-19-22-24-26-28-29-31-32-35-38-41-44-47-50-56(59)62-53-54(52-61-55(58)49-46-43-40-37-34-21-18-15-12-9-6-3)63-57(60)51-48-45-42-39-36-33-30-27-25-23-20-17-14-11-8-5-2/h9,12,18,21,26,28-29,31,37,40,54H,4-8,10-11,13-17,19-20,22-25,27,30,32-36,38-39,41-53H2,1-3H3/b12-9-,21-18-,28-26-,31-29-,40-37-. The molecule has 0 aliphatic heterocycles. The molecule has 0 aromatic heterocycles. The topological polar surface area (TPSA) is 78.9 Å². The summed E-state index contributed by atoms with van der Waals surface area (Å²) >= 11 is 0. The van der Waals surface area contributed by atoms with Gasteiger partial charge in [-0.3, -0.25) is 14.4 Å². The van der Waals surface area contributed by atoms with Crippen LogP contribution >= 0.6 is 0 Å². The van der Waals surface area contributed by atoms with E-state index in [9.17, 15) is 14.4 Å². The van der Waals surface area contributed by atoms with Crippen molar-refractivity contribution in [3.8, 4) is 0 Å². The average molecular weight is 881 g/mol. The van der Waals surface area contributed by atoms with Crippen molar-refractivity contribution in [2.24, 2.45) is 0 Å². The van der Waals surface area contributed by atoms with Crippen LogP contribution in [0.4, 0.5) is 0 Å². The van der Waals surface area contributed by atoms with Crippen LogP contribution in [0.2, 0.25) is 0 Å². The highest BCUT2D eigenvalue weighted by atomic mass is 16.6. The summed E-state index contributed by atoms with van der Waals surface area (Å²) in [7, 11) is 0. The molecule has 1 unspecified atom stereocenters. The van der Waals surface area contributed by atoms with E-state index in [2.05, 4.69) is 81.5 Å². The van der Waals surface area contributed by atoms with Gasteiger partial charge in [-0.05, 0) is 70.6 Å². The van der Waals surface area contributed by atoms with E-state index in [-0.39, 0.29) is 37.5 Å². The third-order valence-electron chi connectivity index (χ3n) is 11.5. The molecule has 0 saturated heterocycles. The summed E-state index contributed by atoms with van der Waals surface area (Å²) in [5, 5.41) is 0. The number of rotatable bonds is 48. The average Bonchev–Trinajstić information content (AvgIpc) is 3.28. The Hall–Kier alpha value is -2.89. The van der Waals surface area contributed by atoms with Crippen molar-refractivity contribution in [1.82, 2.24) is 0 Å². The van der Waals surface area contributed by atoms with E-state index in [1.807, 2.05) is 0 Å². The first-order valence-corrected chi connectivity index (χ1v) is 26.8. The smallest absolute Gasteiger partial charge is 0.306 e. The SMILES string of the molecule is CC/C=C\C/C=C\C/C=C\CCCC(=O)OCC(COC(=O)CCCCCCC/C=C\C=C/CCCCCCCCC)OC(=O)CCCCCCCCCCCCCCCCCC. The van der Waals surface area contributed by atoms with Gasteiger partial charge >= 0.3 is 17.9 Å². The third-order valence-corrected chi connectivity index (χ3v) is 11.5. The van der Waals surface area contributed by atoms with Crippen LogP contribution in [0.25, 0.3) is 0 Å². The number of esters is 3. The van der Waals surface area contributed by atoms with Crippen LogP contribution in [0.3, 0.4) is 0 Å². The number of carbonyl (C=O) groups excluding carboxylic acids is 3. The Balaban J connectivity index is 4.39. The Bertz CT molecular complexity index is 1150. The number of hydrogen-bond donors (Lipinski definition) is 0. The van der Waals surface area contributed by atoms with Gasteiger partial charge < -0.3 is 14.2 Å². The van der Waals surface area contributed by atoms with Crippen molar-refractivity contribution in [2.75, 3.05) is 13.2 Å². The van der Waals surface area contributed by atoms with Crippen molar-refractivity contribution < 1.29 is 28.6 Å². The summed E-state index contributed by atoms with van der Waals surface area (Å²) in [5.41, 5.74) is 0. The Labute approximate surface area is 390 Å². The normalized spacial score (nSPS) is 12.5. The molecule has 0 fully saturated rings. The maximum Gasteiger partial charge on any atom is 0.306 e. The minimum absolute atomic E-state index is 0.0961. The summed E-state index contributed by atoms with van der Waals surface area (Å²) in [4.78, 5) is 38.0. The van der Waals surface area contributed by atoms with Gasteiger partial charge in [0.15, 0.2) is 6.10 Å². The molecule has 364 valence electrons. The molecule has 0 aromatic carbocycles. The van der Waals surface area contributed by atoms with E-state index in [4.69, 9.17) is 14.2 Å². The van der Waals surface area contributed by atoms with E-state index in [1.165, 1.54) is 135 Å². The fraction of sp³-hybridized carbons (Fsp3) is 0.772. The minimum atomic E-state index is -0.798. The molecule has 6 heteroatoms. The van der Waals surface area contributed by atoms with E-state index in [0.29, 0.717) is 19.3 Å². The molecule has 0 heterocycles. The second kappa shape index (κ2) is 51.7. The zero-order chi connectivity index (χ0) is 45.8. The lowest BCUT2D eigenvalue weighted by molar-refractivity contribution is -0.167.